The van der Waals surface area contributed by atoms with Crippen molar-refractivity contribution in [1.29, 1.82) is 0 Å². The number of carboxylic acid groups (broad SMARTS) is 2. The number of carbonyl (C=O) groups excluding carboxylic acids is 2. The number of ketones is 1. The quantitative estimate of drug-likeness (QED) is 0.417. The predicted molar refractivity (Wildman–Crippen MR) is 68.5 cm³/mol. The summed E-state index contributed by atoms with van der Waals surface area (Å²) in [5, 5.41) is 29.7. The fraction of sp³-hybridized carbons (Fsp3) is 0.615. The molecule has 0 radical (unpaired) electrons. The second-order valence-electron chi connectivity index (χ2n) is 5.63. The Morgan fingerprint density at radius 3 is 2.15 bits per heavy atom. The molecule has 0 spiro atoms. The van der Waals surface area contributed by atoms with E-state index in [2.05, 4.69) is 0 Å². The number of likely N-dealkylation sites (N-methyl/N-ethyl adjacent to an activating group) is 1. The first kappa shape index (κ1) is 18.3. The van der Waals surface area contributed by atoms with E-state index in [9.17, 15) is 24.6 Å². The molecule has 0 aromatic heterocycles. The maximum atomic E-state index is 12.0. The van der Waals surface area contributed by atoms with Crippen molar-refractivity contribution in [3.63, 3.8) is 0 Å². The molecule has 0 aliphatic carbocycles. The smallest absolute Gasteiger partial charge is 0.307 e. The maximum Gasteiger partial charge on any atom is 0.307 e. The van der Waals surface area contributed by atoms with Crippen molar-refractivity contribution in [1.82, 2.24) is 0 Å². The fourth-order valence-corrected chi connectivity index (χ4v) is 1.71. The topological polar surface area (TPSA) is 115 Å². The van der Waals surface area contributed by atoms with E-state index >= 15 is 0 Å². The van der Waals surface area contributed by atoms with Crippen molar-refractivity contribution in [3.05, 3.63) is 12.2 Å². The van der Waals surface area contributed by atoms with Gasteiger partial charge in [0, 0.05) is 12.4 Å². The van der Waals surface area contributed by atoms with Gasteiger partial charge in [0.15, 0.2) is 11.4 Å². The molecule has 0 saturated carbocycles. The summed E-state index contributed by atoms with van der Waals surface area (Å²) in [5.74, 6) is -3.52. The molecule has 0 aliphatic rings. The van der Waals surface area contributed by atoms with E-state index in [0.717, 1.165) is 12.2 Å². The maximum absolute atomic E-state index is 12.0. The summed E-state index contributed by atoms with van der Waals surface area (Å²) in [4.78, 5) is 33.2. The Balaban J connectivity index is 5.33. The molecule has 0 amide bonds. The van der Waals surface area contributed by atoms with Crippen LogP contribution in [-0.4, -0.2) is 65.2 Å². The van der Waals surface area contributed by atoms with E-state index in [-0.39, 0.29) is 10.9 Å². The van der Waals surface area contributed by atoms with Gasteiger partial charge in [-0.15, -0.1) is 0 Å². The molecule has 0 bridgehead atoms. The number of quaternary nitrogens is 1. The molecule has 0 rings (SSSR count). The first-order valence-corrected chi connectivity index (χ1v) is 6.07. The summed E-state index contributed by atoms with van der Waals surface area (Å²) in [6.45, 7) is 1.55. The molecule has 2 N–H and O–H groups in total. The van der Waals surface area contributed by atoms with Gasteiger partial charge in [0.05, 0.1) is 27.6 Å². The standard InChI is InChI=1S/C13H21NO6/c1-9(14(2,3)4)13(20,8-12(18)19)10(15)6-5-7-11(16)17/h5-6,9,20H,7-8H2,1-4H3,(H-,16,17,18,19). The van der Waals surface area contributed by atoms with Crippen LogP contribution in [0.25, 0.3) is 0 Å². The molecule has 0 fully saturated rings. The molecule has 0 aromatic carbocycles. The van der Waals surface area contributed by atoms with E-state index in [1.54, 1.807) is 28.1 Å². The second-order valence-corrected chi connectivity index (χ2v) is 5.63. The first-order chi connectivity index (χ1) is 8.91. The van der Waals surface area contributed by atoms with Crippen LogP contribution in [0, 0.1) is 0 Å². The number of carbonyl (C=O) groups is 3. The van der Waals surface area contributed by atoms with Crippen LogP contribution >= 0.6 is 0 Å². The van der Waals surface area contributed by atoms with Gasteiger partial charge in [-0.25, -0.2) is 0 Å². The predicted octanol–water partition coefficient (Wildman–Crippen LogP) is -1.45. The van der Waals surface area contributed by atoms with E-state index in [0.29, 0.717) is 0 Å². The Morgan fingerprint density at radius 1 is 1.30 bits per heavy atom. The zero-order valence-electron chi connectivity index (χ0n) is 12.1. The van der Waals surface area contributed by atoms with Gasteiger partial charge in [0.1, 0.15) is 6.04 Å². The average Bonchev–Trinajstić information content (AvgIpc) is 2.24. The summed E-state index contributed by atoms with van der Waals surface area (Å²) >= 11 is 0. The number of hydrogen-bond acceptors (Lipinski definition) is 5. The minimum atomic E-state index is -2.15. The van der Waals surface area contributed by atoms with Gasteiger partial charge in [-0.3, -0.25) is 9.59 Å². The molecule has 0 saturated heterocycles. The SMILES string of the molecule is CC(C(O)(CC(=O)[O-])C(=O)C=CCC(=O)O)[N+](C)(C)C. The summed E-state index contributed by atoms with van der Waals surface area (Å²) in [5.41, 5.74) is -2.15. The van der Waals surface area contributed by atoms with E-state index in [4.69, 9.17) is 5.11 Å². The summed E-state index contributed by atoms with van der Waals surface area (Å²) in [6, 6.07) is -0.720. The molecular formula is C13H21NO6. The highest BCUT2D eigenvalue weighted by atomic mass is 16.4. The van der Waals surface area contributed by atoms with Gasteiger partial charge >= 0.3 is 5.97 Å². The fourth-order valence-electron chi connectivity index (χ4n) is 1.71. The molecule has 0 heterocycles. The number of rotatable bonds is 8. The highest BCUT2D eigenvalue weighted by Gasteiger charge is 2.47. The minimum absolute atomic E-state index is 0.155. The normalized spacial score (nSPS) is 16.6. The van der Waals surface area contributed by atoms with Gasteiger partial charge in [-0.05, 0) is 13.0 Å². The molecule has 114 valence electrons. The lowest BCUT2D eigenvalue weighted by Crippen LogP contribution is -2.62. The molecular weight excluding hydrogens is 266 g/mol. The Hall–Kier alpha value is -1.73. The van der Waals surface area contributed by atoms with Crippen molar-refractivity contribution < 1.29 is 34.2 Å². The van der Waals surface area contributed by atoms with Crippen molar-refractivity contribution in [2.75, 3.05) is 21.1 Å². The zero-order valence-corrected chi connectivity index (χ0v) is 12.1. The highest BCUT2D eigenvalue weighted by molar-refractivity contribution is 5.99. The van der Waals surface area contributed by atoms with Crippen molar-refractivity contribution in [2.24, 2.45) is 0 Å². The van der Waals surface area contributed by atoms with E-state index in [1.807, 2.05) is 0 Å². The van der Waals surface area contributed by atoms with E-state index in [1.165, 1.54) is 0 Å². The molecule has 2 unspecified atom stereocenters. The number of aliphatic hydroxyl groups is 1. The van der Waals surface area contributed by atoms with Crippen LogP contribution in [0.3, 0.4) is 0 Å². The third-order valence-corrected chi connectivity index (χ3v) is 3.26. The third-order valence-electron chi connectivity index (χ3n) is 3.26. The van der Waals surface area contributed by atoms with Crippen LogP contribution in [0.2, 0.25) is 0 Å². The molecule has 0 aromatic rings. The van der Waals surface area contributed by atoms with Crippen LogP contribution in [0.5, 0.6) is 0 Å². The zero-order chi connectivity index (χ0) is 16.1. The summed E-state index contributed by atoms with van der Waals surface area (Å²) in [6.07, 6.45) is 0.752. The first-order valence-electron chi connectivity index (χ1n) is 6.07. The Labute approximate surface area is 117 Å². The van der Waals surface area contributed by atoms with Crippen molar-refractivity contribution >= 4 is 17.7 Å². The number of nitrogens with zero attached hydrogens (tertiary/aromatic N) is 1. The minimum Gasteiger partial charge on any atom is -0.550 e. The molecule has 7 heteroatoms. The Morgan fingerprint density at radius 2 is 1.80 bits per heavy atom. The Bertz CT molecular complexity index is 423. The number of hydrogen-bond donors (Lipinski definition) is 2. The third kappa shape index (κ3) is 5.10. The molecule has 20 heavy (non-hydrogen) atoms. The van der Waals surface area contributed by atoms with Crippen LogP contribution in [-0.2, 0) is 14.4 Å². The molecule has 7 nitrogen and oxygen atoms in total. The monoisotopic (exact) mass is 287 g/mol. The molecule has 0 aliphatic heterocycles. The van der Waals surface area contributed by atoms with Gasteiger partial charge in [0.25, 0.3) is 0 Å². The average molecular weight is 287 g/mol. The van der Waals surface area contributed by atoms with Gasteiger partial charge < -0.3 is 24.6 Å². The highest BCUT2D eigenvalue weighted by Crippen LogP contribution is 2.24. The lowest BCUT2D eigenvalue weighted by molar-refractivity contribution is -0.900. The van der Waals surface area contributed by atoms with Crippen LogP contribution in [0.4, 0.5) is 0 Å². The lowest BCUT2D eigenvalue weighted by Gasteiger charge is -2.41. The molecule has 2 atom stereocenters. The summed E-state index contributed by atoms with van der Waals surface area (Å²) < 4.78 is 0.155. The Kier molecular flexibility index (Phi) is 6.05. The number of carboxylic acids is 2. The lowest BCUT2D eigenvalue weighted by atomic mass is 9.85. The van der Waals surface area contributed by atoms with Crippen LogP contribution in [0.15, 0.2) is 12.2 Å². The van der Waals surface area contributed by atoms with Gasteiger partial charge in [-0.2, -0.15) is 0 Å². The van der Waals surface area contributed by atoms with Crippen LogP contribution in [0.1, 0.15) is 19.8 Å². The van der Waals surface area contributed by atoms with Crippen molar-refractivity contribution in [2.45, 2.75) is 31.4 Å². The van der Waals surface area contributed by atoms with E-state index < -0.39 is 35.8 Å². The number of aliphatic carboxylic acids is 2. The van der Waals surface area contributed by atoms with Gasteiger partial charge in [0.2, 0.25) is 0 Å². The largest absolute Gasteiger partial charge is 0.550 e. The second kappa shape index (κ2) is 6.62. The van der Waals surface area contributed by atoms with Crippen molar-refractivity contribution in [3.8, 4) is 0 Å². The van der Waals surface area contributed by atoms with Crippen LogP contribution < -0.4 is 5.11 Å². The van der Waals surface area contributed by atoms with Gasteiger partial charge in [-0.1, -0.05) is 6.08 Å². The summed E-state index contributed by atoms with van der Waals surface area (Å²) in [7, 11) is 5.12.